The zero-order valence-electron chi connectivity index (χ0n) is 13.6. The normalized spacial score (nSPS) is 11.7. The Morgan fingerprint density at radius 1 is 0.880 bits per heavy atom. The molecule has 0 unspecified atom stereocenters. The van der Waals surface area contributed by atoms with E-state index in [1.54, 1.807) is 11.8 Å². The fourth-order valence-electron chi connectivity index (χ4n) is 3.16. The first-order valence-corrected chi connectivity index (χ1v) is 9.06. The van der Waals surface area contributed by atoms with Crippen LogP contribution in [0.25, 0.3) is 27.7 Å². The molecule has 0 aliphatic carbocycles. The molecule has 0 radical (unpaired) electrons. The van der Waals surface area contributed by atoms with Crippen LogP contribution in [0.3, 0.4) is 0 Å². The minimum Gasteiger partial charge on any atom is -0.311 e. The lowest BCUT2D eigenvalue weighted by Gasteiger charge is -2.02. The van der Waals surface area contributed by atoms with Crippen molar-refractivity contribution in [3.63, 3.8) is 0 Å². The first-order valence-electron chi connectivity index (χ1n) is 8.07. The van der Waals surface area contributed by atoms with Gasteiger partial charge in [0, 0.05) is 18.2 Å². The number of thioether (sulfide) groups is 1. The van der Waals surface area contributed by atoms with Crippen LogP contribution in [0, 0.1) is 0 Å². The summed E-state index contributed by atoms with van der Waals surface area (Å²) in [5.41, 5.74) is 4.34. The third-order valence-electron chi connectivity index (χ3n) is 4.41. The molecule has 5 aromatic rings. The molecule has 0 aliphatic heterocycles. The number of benzene rings is 2. The molecular formula is C19H15N5S. The molecule has 0 fully saturated rings. The Bertz CT molecular complexity index is 1220. The number of nitrogens with zero attached hydrogens (tertiary/aromatic N) is 5. The summed E-state index contributed by atoms with van der Waals surface area (Å²) in [7, 11) is 2.02. The van der Waals surface area contributed by atoms with Crippen molar-refractivity contribution >= 4 is 39.5 Å². The summed E-state index contributed by atoms with van der Waals surface area (Å²) in [6, 6.07) is 20.7. The average molecular weight is 345 g/mol. The number of pyridine rings is 1. The van der Waals surface area contributed by atoms with Gasteiger partial charge in [-0.2, -0.15) is 0 Å². The molecule has 2 aromatic carbocycles. The van der Waals surface area contributed by atoms with Crippen LogP contribution in [-0.4, -0.2) is 24.1 Å². The van der Waals surface area contributed by atoms with Crippen molar-refractivity contribution < 1.29 is 0 Å². The van der Waals surface area contributed by atoms with Crippen LogP contribution in [0.1, 0.15) is 5.69 Å². The molecule has 122 valence electrons. The quantitative estimate of drug-likeness (QED) is 0.463. The average Bonchev–Trinajstić information content (AvgIpc) is 3.20. The second kappa shape index (κ2) is 5.60. The van der Waals surface area contributed by atoms with Crippen molar-refractivity contribution in [3.05, 3.63) is 66.4 Å². The van der Waals surface area contributed by atoms with E-state index in [1.165, 1.54) is 0 Å². The van der Waals surface area contributed by atoms with E-state index in [0.717, 1.165) is 44.3 Å². The second-order valence-corrected chi connectivity index (χ2v) is 6.89. The molecule has 0 amide bonds. The van der Waals surface area contributed by atoms with Crippen LogP contribution in [0.5, 0.6) is 0 Å². The maximum Gasteiger partial charge on any atom is 0.236 e. The van der Waals surface area contributed by atoms with E-state index in [4.69, 9.17) is 4.98 Å². The van der Waals surface area contributed by atoms with E-state index in [1.807, 2.05) is 37.4 Å². The Hall–Kier alpha value is -2.86. The predicted molar refractivity (Wildman–Crippen MR) is 101 cm³/mol. The van der Waals surface area contributed by atoms with E-state index in [9.17, 15) is 0 Å². The number of fused-ring (bicyclic) bond motifs is 4. The minimum atomic E-state index is 0.759. The van der Waals surface area contributed by atoms with E-state index in [0.29, 0.717) is 0 Å². The summed E-state index contributed by atoms with van der Waals surface area (Å²) < 4.78 is 4.18. The fourth-order valence-corrected chi connectivity index (χ4v) is 4.00. The van der Waals surface area contributed by atoms with E-state index >= 15 is 0 Å². The van der Waals surface area contributed by atoms with Crippen molar-refractivity contribution in [2.75, 3.05) is 0 Å². The molecule has 5 rings (SSSR count). The first kappa shape index (κ1) is 14.5. The van der Waals surface area contributed by atoms with Crippen LogP contribution in [0.15, 0.2) is 65.8 Å². The number of aryl methyl sites for hydroxylation is 1. The van der Waals surface area contributed by atoms with Crippen LogP contribution in [0.2, 0.25) is 0 Å². The third kappa shape index (κ3) is 2.29. The van der Waals surface area contributed by atoms with Crippen molar-refractivity contribution in [2.45, 2.75) is 10.9 Å². The molecule has 3 aromatic heterocycles. The molecule has 25 heavy (non-hydrogen) atoms. The van der Waals surface area contributed by atoms with Gasteiger partial charge in [0.25, 0.3) is 0 Å². The Balaban J connectivity index is 1.52. The number of imidazole rings is 1. The number of aromatic nitrogens is 5. The number of para-hydroxylation sites is 3. The maximum atomic E-state index is 4.74. The van der Waals surface area contributed by atoms with Crippen molar-refractivity contribution in [1.82, 2.24) is 24.1 Å². The summed E-state index contributed by atoms with van der Waals surface area (Å²) in [5.74, 6) is 1.62. The van der Waals surface area contributed by atoms with Crippen molar-refractivity contribution in [1.29, 1.82) is 0 Å². The largest absolute Gasteiger partial charge is 0.311 e. The fraction of sp³-hybridized carbons (Fsp3) is 0.105. The molecular weight excluding hydrogens is 330 g/mol. The number of hydrogen-bond donors (Lipinski definition) is 0. The number of rotatable bonds is 3. The molecule has 0 N–H and O–H groups in total. The highest BCUT2D eigenvalue weighted by molar-refractivity contribution is 7.98. The lowest BCUT2D eigenvalue weighted by Crippen LogP contribution is -1.90. The van der Waals surface area contributed by atoms with E-state index < -0.39 is 0 Å². The molecule has 0 bridgehead atoms. The molecule has 6 heteroatoms. The summed E-state index contributed by atoms with van der Waals surface area (Å²) >= 11 is 1.66. The predicted octanol–water partition coefficient (Wildman–Crippen LogP) is 4.06. The van der Waals surface area contributed by atoms with Crippen molar-refractivity contribution in [3.8, 4) is 0 Å². The lowest BCUT2D eigenvalue weighted by atomic mass is 10.2. The molecule has 3 heterocycles. The third-order valence-corrected chi connectivity index (χ3v) is 5.37. The van der Waals surface area contributed by atoms with Crippen LogP contribution >= 0.6 is 11.8 Å². The second-order valence-electron chi connectivity index (χ2n) is 5.95. The van der Waals surface area contributed by atoms with Gasteiger partial charge in [-0.05, 0) is 24.3 Å². The SMILES string of the molecule is Cn1c2ccccc2n2c(SCc3ccc4ccccc4n3)nnc12. The summed E-state index contributed by atoms with van der Waals surface area (Å²) in [6.45, 7) is 0. The smallest absolute Gasteiger partial charge is 0.236 e. The highest BCUT2D eigenvalue weighted by Crippen LogP contribution is 2.27. The van der Waals surface area contributed by atoms with Gasteiger partial charge in [0.2, 0.25) is 5.78 Å². The van der Waals surface area contributed by atoms with Gasteiger partial charge in [-0.15, -0.1) is 10.2 Å². The van der Waals surface area contributed by atoms with Gasteiger partial charge in [-0.3, -0.25) is 9.38 Å². The van der Waals surface area contributed by atoms with Crippen LogP contribution in [0.4, 0.5) is 0 Å². The van der Waals surface area contributed by atoms with Crippen LogP contribution < -0.4 is 0 Å². The molecule has 0 saturated carbocycles. The lowest BCUT2D eigenvalue weighted by molar-refractivity contribution is 0.935. The highest BCUT2D eigenvalue weighted by atomic mass is 32.2. The Kier molecular flexibility index (Phi) is 3.24. The van der Waals surface area contributed by atoms with Gasteiger partial charge in [0.1, 0.15) is 0 Å². The monoisotopic (exact) mass is 345 g/mol. The van der Waals surface area contributed by atoms with E-state index in [-0.39, 0.29) is 0 Å². The Labute approximate surface area is 148 Å². The van der Waals surface area contributed by atoms with Gasteiger partial charge in [-0.25, -0.2) is 0 Å². The molecule has 5 nitrogen and oxygen atoms in total. The summed E-state index contributed by atoms with van der Waals surface area (Å²) in [5, 5.41) is 10.8. The molecule has 0 aliphatic rings. The van der Waals surface area contributed by atoms with E-state index in [2.05, 4.69) is 49.5 Å². The number of hydrogen-bond acceptors (Lipinski definition) is 4. The van der Waals surface area contributed by atoms with Gasteiger partial charge < -0.3 is 4.57 Å². The highest BCUT2D eigenvalue weighted by Gasteiger charge is 2.15. The van der Waals surface area contributed by atoms with Crippen molar-refractivity contribution in [2.24, 2.45) is 7.05 Å². The van der Waals surface area contributed by atoms with Gasteiger partial charge in [0.15, 0.2) is 5.16 Å². The standard InChI is InChI=1S/C19H15N5S/c1-23-16-8-4-5-9-17(16)24-18(23)21-22-19(24)25-12-14-11-10-13-6-2-3-7-15(13)20-14/h2-11H,12H2,1H3. The topological polar surface area (TPSA) is 48.0 Å². The zero-order chi connectivity index (χ0) is 16.8. The van der Waals surface area contributed by atoms with Gasteiger partial charge in [-0.1, -0.05) is 48.2 Å². The maximum absolute atomic E-state index is 4.74. The van der Waals surface area contributed by atoms with Gasteiger partial charge >= 0.3 is 0 Å². The Morgan fingerprint density at radius 2 is 1.68 bits per heavy atom. The Morgan fingerprint density at radius 3 is 2.60 bits per heavy atom. The van der Waals surface area contributed by atoms with Crippen LogP contribution in [-0.2, 0) is 12.8 Å². The molecule has 0 atom stereocenters. The summed E-state index contributed by atoms with van der Waals surface area (Å²) in [4.78, 5) is 4.74. The molecule has 0 saturated heterocycles. The minimum absolute atomic E-state index is 0.759. The summed E-state index contributed by atoms with van der Waals surface area (Å²) in [6.07, 6.45) is 0. The zero-order valence-corrected chi connectivity index (χ0v) is 14.4. The van der Waals surface area contributed by atoms with Gasteiger partial charge in [0.05, 0.1) is 22.2 Å². The first-order chi connectivity index (χ1) is 12.3. The molecule has 0 spiro atoms.